The van der Waals surface area contributed by atoms with Gasteiger partial charge in [0.1, 0.15) is 5.82 Å². The fraction of sp³-hybridized carbons (Fsp3) is 0.429. The van der Waals surface area contributed by atoms with Crippen molar-refractivity contribution in [2.24, 2.45) is 0 Å². The molecule has 106 valence electrons. The first-order chi connectivity index (χ1) is 9.74. The first kappa shape index (κ1) is 14.5. The van der Waals surface area contributed by atoms with Crippen molar-refractivity contribution in [1.29, 1.82) is 0 Å². The summed E-state index contributed by atoms with van der Waals surface area (Å²) in [7, 11) is 0. The van der Waals surface area contributed by atoms with Crippen molar-refractivity contribution in [1.82, 2.24) is 14.7 Å². The second-order valence-corrected chi connectivity index (χ2v) is 7.80. The maximum absolute atomic E-state index is 4.54. The summed E-state index contributed by atoms with van der Waals surface area (Å²) in [4.78, 5) is 5.79. The number of benzene rings is 1. The van der Waals surface area contributed by atoms with Crippen molar-refractivity contribution in [2.45, 2.75) is 48.0 Å². The van der Waals surface area contributed by atoms with Gasteiger partial charge in [0, 0.05) is 28.4 Å². The second-order valence-electron chi connectivity index (χ2n) is 4.84. The quantitative estimate of drug-likeness (QED) is 0.824. The van der Waals surface area contributed by atoms with Gasteiger partial charge in [0.05, 0.1) is 0 Å². The normalized spacial score (nSPS) is 14.7. The molecular formula is C14H16BrN3S2. The van der Waals surface area contributed by atoms with Crippen LogP contribution in [-0.2, 0) is 13.0 Å². The van der Waals surface area contributed by atoms with Crippen molar-refractivity contribution in [2.75, 3.05) is 0 Å². The first-order valence-corrected chi connectivity index (χ1v) is 9.15. The van der Waals surface area contributed by atoms with E-state index in [1.54, 1.807) is 11.8 Å². The lowest BCUT2D eigenvalue weighted by molar-refractivity contribution is 0.680. The number of aryl methyl sites for hydroxylation is 1. The SMILES string of the molecule is CCc1nsc(Sc2cc(Br)ccc2CNC2CC2)n1. The summed E-state index contributed by atoms with van der Waals surface area (Å²) in [5.41, 5.74) is 1.33. The molecule has 3 rings (SSSR count). The van der Waals surface area contributed by atoms with Crippen LogP contribution in [0.3, 0.4) is 0 Å². The molecule has 0 amide bonds. The maximum Gasteiger partial charge on any atom is 0.174 e. The van der Waals surface area contributed by atoms with E-state index >= 15 is 0 Å². The van der Waals surface area contributed by atoms with E-state index in [1.807, 2.05) is 0 Å². The molecule has 0 bridgehead atoms. The van der Waals surface area contributed by atoms with Crippen molar-refractivity contribution < 1.29 is 0 Å². The minimum Gasteiger partial charge on any atom is -0.310 e. The monoisotopic (exact) mass is 369 g/mol. The highest BCUT2D eigenvalue weighted by atomic mass is 79.9. The van der Waals surface area contributed by atoms with Gasteiger partial charge in [0.15, 0.2) is 4.34 Å². The summed E-state index contributed by atoms with van der Waals surface area (Å²) < 4.78 is 6.48. The van der Waals surface area contributed by atoms with Crippen molar-refractivity contribution in [3.63, 3.8) is 0 Å². The van der Waals surface area contributed by atoms with Crippen LogP contribution in [0.1, 0.15) is 31.2 Å². The van der Waals surface area contributed by atoms with Gasteiger partial charge in [-0.05, 0) is 42.1 Å². The molecule has 20 heavy (non-hydrogen) atoms. The fourth-order valence-corrected chi connectivity index (χ4v) is 4.17. The number of hydrogen-bond donors (Lipinski definition) is 1. The summed E-state index contributed by atoms with van der Waals surface area (Å²) in [6, 6.07) is 7.18. The molecule has 0 aliphatic heterocycles. The molecule has 1 aromatic heterocycles. The zero-order chi connectivity index (χ0) is 13.9. The van der Waals surface area contributed by atoms with Crippen LogP contribution in [0.2, 0.25) is 0 Å². The number of nitrogens with one attached hydrogen (secondary N) is 1. The number of rotatable bonds is 6. The average Bonchev–Trinajstić information content (AvgIpc) is 3.16. The minimum absolute atomic E-state index is 0.727. The first-order valence-electron chi connectivity index (χ1n) is 6.77. The molecule has 1 saturated carbocycles. The molecule has 6 heteroatoms. The molecule has 0 radical (unpaired) electrons. The standard InChI is InChI=1S/C14H16BrN3S2/c1-2-13-17-14(20-18-13)19-12-7-10(15)4-3-9(12)8-16-11-5-6-11/h3-4,7,11,16H,2,5-6,8H2,1H3. The van der Waals surface area contributed by atoms with Crippen molar-refractivity contribution >= 4 is 39.2 Å². The molecule has 1 heterocycles. The minimum atomic E-state index is 0.727. The van der Waals surface area contributed by atoms with Gasteiger partial charge < -0.3 is 5.32 Å². The third kappa shape index (κ3) is 3.81. The molecule has 1 aliphatic carbocycles. The largest absolute Gasteiger partial charge is 0.310 e. The van der Waals surface area contributed by atoms with E-state index in [0.29, 0.717) is 0 Å². The molecule has 0 saturated heterocycles. The number of hydrogen-bond acceptors (Lipinski definition) is 5. The van der Waals surface area contributed by atoms with Crippen LogP contribution in [0.4, 0.5) is 0 Å². The van der Waals surface area contributed by atoms with Gasteiger partial charge in [-0.3, -0.25) is 0 Å². The van der Waals surface area contributed by atoms with E-state index in [1.165, 1.54) is 34.8 Å². The Morgan fingerprint density at radius 2 is 2.30 bits per heavy atom. The van der Waals surface area contributed by atoms with E-state index in [9.17, 15) is 0 Å². The molecule has 1 fully saturated rings. The van der Waals surface area contributed by atoms with Gasteiger partial charge in [0.25, 0.3) is 0 Å². The highest BCUT2D eigenvalue weighted by molar-refractivity contribution is 9.10. The summed E-state index contributed by atoms with van der Waals surface area (Å²) in [5, 5.41) is 3.57. The lowest BCUT2D eigenvalue weighted by atomic mass is 10.2. The van der Waals surface area contributed by atoms with Gasteiger partial charge in [-0.2, -0.15) is 4.37 Å². The smallest absolute Gasteiger partial charge is 0.174 e. The molecule has 1 aliphatic rings. The van der Waals surface area contributed by atoms with Crippen LogP contribution in [-0.4, -0.2) is 15.4 Å². The van der Waals surface area contributed by atoms with Crippen LogP contribution in [0.5, 0.6) is 0 Å². The summed E-state index contributed by atoms with van der Waals surface area (Å²) >= 11 is 6.75. The molecule has 3 nitrogen and oxygen atoms in total. The van der Waals surface area contributed by atoms with Crippen LogP contribution < -0.4 is 5.32 Å². The maximum atomic E-state index is 4.54. The van der Waals surface area contributed by atoms with E-state index in [2.05, 4.69) is 55.7 Å². The highest BCUT2D eigenvalue weighted by Crippen LogP contribution is 2.34. The summed E-state index contributed by atoms with van der Waals surface area (Å²) in [5.74, 6) is 0.935. The van der Waals surface area contributed by atoms with E-state index in [0.717, 1.165) is 33.6 Å². The zero-order valence-corrected chi connectivity index (χ0v) is 14.4. The third-order valence-corrected chi connectivity index (χ3v) is 5.53. The van der Waals surface area contributed by atoms with E-state index in [-0.39, 0.29) is 0 Å². The molecule has 0 atom stereocenters. The van der Waals surface area contributed by atoms with Gasteiger partial charge in [-0.1, -0.05) is 40.7 Å². The predicted molar refractivity (Wildman–Crippen MR) is 87.4 cm³/mol. The Kier molecular flexibility index (Phi) is 4.75. The van der Waals surface area contributed by atoms with Crippen LogP contribution in [0, 0.1) is 0 Å². The van der Waals surface area contributed by atoms with Crippen LogP contribution in [0.15, 0.2) is 31.9 Å². The lowest BCUT2D eigenvalue weighted by Crippen LogP contribution is -2.15. The van der Waals surface area contributed by atoms with Crippen molar-refractivity contribution in [3.8, 4) is 0 Å². The third-order valence-electron chi connectivity index (χ3n) is 3.15. The molecule has 0 spiro atoms. The summed E-state index contributed by atoms with van der Waals surface area (Å²) in [6.45, 7) is 3.01. The number of aromatic nitrogens is 2. The van der Waals surface area contributed by atoms with Crippen molar-refractivity contribution in [3.05, 3.63) is 34.1 Å². The topological polar surface area (TPSA) is 37.8 Å². The zero-order valence-electron chi connectivity index (χ0n) is 11.2. The van der Waals surface area contributed by atoms with Gasteiger partial charge >= 0.3 is 0 Å². The van der Waals surface area contributed by atoms with E-state index in [4.69, 9.17) is 0 Å². The lowest BCUT2D eigenvalue weighted by Gasteiger charge is -2.09. The van der Waals surface area contributed by atoms with Gasteiger partial charge in [-0.25, -0.2) is 4.98 Å². The fourth-order valence-electron chi connectivity index (χ4n) is 1.83. The average molecular weight is 370 g/mol. The molecular weight excluding hydrogens is 354 g/mol. The molecule has 2 aromatic rings. The number of halogens is 1. The molecule has 1 aromatic carbocycles. The Balaban J connectivity index is 1.76. The Morgan fingerprint density at radius 3 is 3.00 bits per heavy atom. The molecule has 0 unspecified atom stereocenters. The Morgan fingerprint density at radius 1 is 1.45 bits per heavy atom. The Bertz CT molecular complexity index is 596. The van der Waals surface area contributed by atoms with Gasteiger partial charge in [-0.15, -0.1) is 0 Å². The van der Waals surface area contributed by atoms with Gasteiger partial charge in [0.2, 0.25) is 0 Å². The van der Waals surface area contributed by atoms with Crippen LogP contribution >= 0.6 is 39.2 Å². The van der Waals surface area contributed by atoms with Crippen LogP contribution in [0.25, 0.3) is 0 Å². The predicted octanol–water partition coefficient (Wildman–Crippen LogP) is 4.27. The summed E-state index contributed by atoms with van der Waals surface area (Å²) in [6.07, 6.45) is 3.52. The Labute approximate surface area is 135 Å². The van der Waals surface area contributed by atoms with E-state index < -0.39 is 0 Å². The highest BCUT2D eigenvalue weighted by Gasteiger charge is 2.20. The second kappa shape index (κ2) is 6.56. The molecule has 1 N–H and O–H groups in total. The number of nitrogens with zero attached hydrogens (tertiary/aromatic N) is 2. The Hall–Kier alpha value is -0.430.